The van der Waals surface area contributed by atoms with Crippen molar-refractivity contribution in [3.63, 3.8) is 0 Å². The van der Waals surface area contributed by atoms with Crippen LogP contribution in [0.3, 0.4) is 0 Å². The summed E-state index contributed by atoms with van der Waals surface area (Å²) >= 11 is 0. The lowest BCUT2D eigenvalue weighted by atomic mass is 10.1. The summed E-state index contributed by atoms with van der Waals surface area (Å²) in [5.74, 6) is 0.743. The topological polar surface area (TPSA) is 76.7 Å². The zero-order valence-electron chi connectivity index (χ0n) is 15.4. The minimum absolute atomic E-state index is 0.159. The Morgan fingerprint density at radius 1 is 1.26 bits per heavy atom. The summed E-state index contributed by atoms with van der Waals surface area (Å²) < 4.78 is 11.0. The first kappa shape index (κ1) is 18.5. The van der Waals surface area contributed by atoms with E-state index in [4.69, 9.17) is 9.47 Å². The number of ether oxygens (including phenoxy) is 2. The second-order valence-electron chi connectivity index (χ2n) is 6.13. The highest BCUT2D eigenvalue weighted by atomic mass is 16.5. The zero-order chi connectivity index (χ0) is 19.2. The Morgan fingerprint density at radius 3 is 2.85 bits per heavy atom. The lowest BCUT2D eigenvalue weighted by molar-refractivity contribution is -0.115. The first-order valence-corrected chi connectivity index (χ1v) is 8.88. The quantitative estimate of drug-likeness (QED) is 0.605. The van der Waals surface area contributed by atoms with Gasteiger partial charge < -0.3 is 20.1 Å². The molecule has 0 fully saturated rings. The molecule has 0 saturated heterocycles. The van der Waals surface area contributed by atoms with Gasteiger partial charge in [-0.25, -0.2) is 0 Å². The van der Waals surface area contributed by atoms with Crippen LogP contribution in [0.2, 0.25) is 0 Å². The van der Waals surface area contributed by atoms with E-state index >= 15 is 0 Å². The lowest BCUT2D eigenvalue weighted by Gasteiger charge is -2.20. The summed E-state index contributed by atoms with van der Waals surface area (Å²) in [7, 11) is 1.57. The molecule has 1 heterocycles. The predicted octanol–water partition coefficient (Wildman–Crippen LogP) is 3.60. The van der Waals surface area contributed by atoms with Crippen LogP contribution in [0.4, 0.5) is 5.69 Å². The molecule has 0 radical (unpaired) electrons. The molecule has 2 aromatic rings. The highest BCUT2D eigenvalue weighted by molar-refractivity contribution is 6.09. The number of carbonyl (C=O) groups excluding carboxylic acids is 2. The van der Waals surface area contributed by atoms with Crippen molar-refractivity contribution in [2.24, 2.45) is 0 Å². The first-order valence-electron chi connectivity index (χ1n) is 8.88. The number of hydrogen-bond acceptors (Lipinski definition) is 4. The van der Waals surface area contributed by atoms with E-state index in [2.05, 4.69) is 17.6 Å². The maximum absolute atomic E-state index is 12.4. The monoisotopic (exact) mass is 366 g/mol. The fraction of sp³-hybridized carbons (Fsp3) is 0.238. The largest absolute Gasteiger partial charge is 0.496 e. The third kappa shape index (κ3) is 4.28. The number of para-hydroxylation sites is 1. The summed E-state index contributed by atoms with van der Waals surface area (Å²) in [6, 6.07) is 12.3. The number of carbonyl (C=O) groups is 2. The molecule has 1 aliphatic rings. The van der Waals surface area contributed by atoms with E-state index in [9.17, 15) is 9.59 Å². The number of methoxy groups -OCH3 is 1. The summed E-state index contributed by atoms with van der Waals surface area (Å²) in [6.45, 7) is 2.69. The van der Waals surface area contributed by atoms with Crippen molar-refractivity contribution in [2.45, 2.75) is 19.8 Å². The number of hydrogen-bond donors (Lipinski definition) is 2. The average molecular weight is 366 g/mol. The van der Waals surface area contributed by atoms with Crippen molar-refractivity contribution < 1.29 is 19.1 Å². The van der Waals surface area contributed by atoms with E-state index < -0.39 is 0 Å². The Morgan fingerprint density at radius 2 is 2.07 bits per heavy atom. The standard InChI is InChI=1S/C21H22N2O4/c1-3-4-11-22-20(24)15-9-10-18-16(12-15)23-21(25)19(27-18)13-14-7-5-6-8-17(14)26-2/h5-10,12-13H,3-4,11H2,1-2H3,(H,22,24)(H,23,25)/b19-13-. The van der Waals surface area contributed by atoms with Crippen LogP contribution in [0.5, 0.6) is 11.5 Å². The fourth-order valence-electron chi connectivity index (χ4n) is 2.71. The van der Waals surface area contributed by atoms with E-state index in [-0.39, 0.29) is 17.6 Å². The Hall–Kier alpha value is -3.28. The van der Waals surface area contributed by atoms with E-state index in [1.54, 1.807) is 31.4 Å². The molecule has 0 spiro atoms. The molecule has 27 heavy (non-hydrogen) atoms. The molecule has 2 aromatic carbocycles. The van der Waals surface area contributed by atoms with Gasteiger partial charge in [0.05, 0.1) is 12.8 Å². The van der Waals surface area contributed by atoms with Crippen LogP contribution in [0.15, 0.2) is 48.2 Å². The summed E-state index contributed by atoms with van der Waals surface area (Å²) in [4.78, 5) is 24.6. The van der Waals surface area contributed by atoms with Gasteiger partial charge in [0.2, 0.25) is 0 Å². The molecule has 0 aromatic heterocycles. The Balaban J connectivity index is 1.81. The molecule has 0 unspecified atom stereocenters. The molecule has 0 aliphatic carbocycles. The summed E-state index contributed by atoms with van der Waals surface area (Å²) in [5.41, 5.74) is 1.69. The van der Waals surface area contributed by atoms with Gasteiger partial charge in [0.15, 0.2) is 11.5 Å². The minimum Gasteiger partial charge on any atom is -0.496 e. The SMILES string of the molecule is CCCCNC(=O)c1ccc2c(c1)NC(=O)/C(=C/c1ccccc1OC)O2. The Bertz CT molecular complexity index is 890. The highest BCUT2D eigenvalue weighted by Crippen LogP contribution is 2.33. The summed E-state index contributed by atoms with van der Waals surface area (Å²) in [5, 5.41) is 5.63. The lowest BCUT2D eigenvalue weighted by Crippen LogP contribution is -2.26. The number of rotatable bonds is 6. The van der Waals surface area contributed by atoms with Gasteiger partial charge in [-0.1, -0.05) is 31.5 Å². The van der Waals surface area contributed by atoms with E-state index in [1.807, 2.05) is 24.3 Å². The van der Waals surface area contributed by atoms with E-state index in [0.29, 0.717) is 29.3 Å². The smallest absolute Gasteiger partial charge is 0.291 e. The van der Waals surface area contributed by atoms with Crippen LogP contribution in [-0.4, -0.2) is 25.5 Å². The van der Waals surface area contributed by atoms with Crippen LogP contribution < -0.4 is 20.1 Å². The normalized spacial score (nSPS) is 14.1. The number of anilines is 1. The van der Waals surface area contributed by atoms with Gasteiger partial charge in [-0.05, 0) is 36.8 Å². The minimum atomic E-state index is -0.378. The van der Waals surface area contributed by atoms with Crippen LogP contribution in [0.1, 0.15) is 35.7 Å². The number of nitrogens with one attached hydrogen (secondary N) is 2. The number of unbranched alkanes of at least 4 members (excludes halogenated alkanes) is 1. The van der Waals surface area contributed by atoms with Gasteiger partial charge in [0, 0.05) is 17.7 Å². The van der Waals surface area contributed by atoms with Crippen LogP contribution in [0.25, 0.3) is 6.08 Å². The molecule has 1 aliphatic heterocycles. The molecule has 6 nitrogen and oxygen atoms in total. The molecular weight excluding hydrogens is 344 g/mol. The molecule has 2 amide bonds. The Labute approximate surface area is 158 Å². The van der Waals surface area contributed by atoms with Gasteiger partial charge in [-0.15, -0.1) is 0 Å². The van der Waals surface area contributed by atoms with Crippen molar-refractivity contribution in [2.75, 3.05) is 19.0 Å². The third-order valence-corrected chi connectivity index (χ3v) is 4.18. The highest BCUT2D eigenvalue weighted by Gasteiger charge is 2.23. The maximum atomic E-state index is 12.4. The van der Waals surface area contributed by atoms with Crippen molar-refractivity contribution in [3.05, 3.63) is 59.4 Å². The predicted molar refractivity (Wildman–Crippen MR) is 104 cm³/mol. The fourth-order valence-corrected chi connectivity index (χ4v) is 2.71. The van der Waals surface area contributed by atoms with E-state index in [1.165, 1.54) is 0 Å². The van der Waals surface area contributed by atoms with Gasteiger partial charge in [-0.2, -0.15) is 0 Å². The van der Waals surface area contributed by atoms with Gasteiger partial charge in [0.25, 0.3) is 11.8 Å². The first-order chi connectivity index (χ1) is 13.1. The molecule has 6 heteroatoms. The van der Waals surface area contributed by atoms with Gasteiger partial charge >= 0.3 is 0 Å². The zero-order valence-corrected chi connectivity index (χ0v) is 15.4. The maximum Gasteiger partial charge on any atom is 0.291 e. The molecule has 0 saturated carbocycles. The van der Waals surface area contributed by atoms with Crippen LogP contribution >= 0.6 is 0 Å². The average Bonchev–Trinajstić information content (AvgIpc) is 2.68. The van der Waals surface area contributed by atoms with Crippen molar-refractivity contribution in [1.82, 2.24) is 5.32 Å². The second kappa shape index (κ2) is 8.40. The van der Waals surface area contributed by atoms with E-state index in [0.717, 1.165) is 18.4 Å². The van der Waals surface area contributed by atoms with Crippen molar-refractivity contribution in [1.29, 1.82) is 0 Å². The molecule has 2 N–H and O–H groups in total. The van der Waals surface area contributed by atoms with Gasteiger partial charge in [-0.3, -0.25) is 9.59 Å². The number of amides is 2. The van der Waals surface area contributed by atoms with Crippen molar-refractivity contribution in [3.8, 4) is 11.5 Å². The molecule has 0 atom stereocenters. The van der Waals surface area contributed by atoms with Crippen molar-refractivity contribution >= 4 is 23.6 Å². The molecule has 3 rings (SSSR count). The third-order valence-electron chi connectivity index (χ3n) is 4.18. The number of benzene rings is 2. The number of fused-ring (bicyclic) bond motifs is 1. The molecular formula is C21H22N2O4. The Kier molecular flexibility index (Phi) is 5.76. The summed E-state index contributed by atoms with van der Waals surface area (Å²) in [6.07, 6.45) is 3.56. The van der Waals surface area contributed by atoms with Gasteiger partial charge in [0.1, 0.15) is 5.75 Å². The second-order valence-corrected chi connectivity index (χ2v) is 6.13. The molecule has 0 bridgehead atoms. The van der Waals surface area contributed by atoms with Crippen LogP contribution in [-0.2, 0) is 4.79 Å². The van der Waals surface area contributed by atoms with Crippen LogP contribution in [0, 0.1) is 0 Å². The molecule has 140 valence electrons.